The molecule has 0 aromatic heterocycles. The molecular formula is C4H8N2O2. The van der Waals surface area contributed by atoms with Gasteiger partial charge in [-0.15, -0.1) is 0 Å². The van der Waals surface area contributed by atoms with E-state index in [1.165, 1.54) is 0 Å². The molecule has 1 aliphatic heterocycles. The molecule has 0 aliphatic carbocycles. The van der Waals surface area contributed by atoms with Crippen molar-refractivity contribution in [2.75, 3.05) is 19.7 Å². The topological polar surface area (TPSA) is 53.8 Å². The molecule has 0 spiro atoms. The van der Waals surface area contributed by atoms with Gasteiger partial charge in [-0.05, 0) is 0 Å². The van der Waals surface area contributed by atoms with Crippen molar-refractivity contribution < 1.29 is 9.94 Å². The fraction of sp³-hybridized carbons (Fsp3) is 0.750. The third kappa shape index (κ3) is 1.18. The molecule has 0 saturated heterocycles. The fourth-order valence-corrected chi connectivity index (χ4v) is 0.554. The van der Waals surface area contributed by atoms with Crippen molar-refractivity contribution in [2.24, 2.45) is 4.99 Å². The van der Waals surface area contributed by atoms with Gasteiger partial charge in [0.2, 0.25) is 0 Å². The van der Waals surface area contributed by atoms with Crippen LogP contribution in [0.25, 0.3) is 0 Å². The number of rotatable bonds is 2. The molecule has 1 heterocycles. The van der Waals surface area contributed by atoms with Crippen molar-refractivity contribution >= 4 is 5.90 Å². The predicted octanol–water partition coefficient (Wildman–Crippen LogP) is -0.606. The summed E-state index contributed by atoms with van der Waals surface area (Å²) in [5, 5.41) is 8.12. The highest BCUT2D eigenvalue weighted by Crippen LogP contribution is 1.90. The van der Waals surface area contributed by atoms with Crippen molar-refractivity contribution in [1.29, 1.82) is 0 Å². The van der Waals surface area contributed by atoms with Gasteiger partial charge in [-0.2, -0.15) is 5.48 Å². The minimum Gasteiger partial charge on any atom is -0.478 e. The molecule has 0 amide bonds. The second-order valence-corrected chi connectivity index (χ2v) is 1.46. The van der Waals surface area contributed by atoms with Crippen LogP contribution in [0.15, 0.2) is 4.99 Å². The first-order chi connectivity index (χ1) is 3.93. The molecule has 1 rings (SSSR count). The van der Waals surface area contributed by atoms with Crippen LogP contribution in [0.5, 0.6) is 0 Å². The summed E-state index contributed by atoms with van der Waals surface area (Å²) in [5.41, 5.74) is 1.95. The third-order valence-corrected chi connectivity index (χ3v) is 0.878. The first-order valence-corrected chi connectivity index (χ1v) is 2.46. The minimum atomic E-state index is 0.319. The van der Waals surface area contributed by atoms with Crippen LogP contribution in [0.4, 0.5) is 0 Å². The van der Waals surface area contributed by atoms with Crippen LogP contribution in [0.2, 0.25) is 0 Å². The summed E-state index contributed by atoms with van der Waals surface area (Å²) in [7, 11) is 0. The normalized spacial score (nSPS) is 17.9. The van der Waals surface area contributed by atoms with Crippen molar-refractivity contribution in [3.63, 3.8) is 0 Å². The lowest BCUT2D eigenvalue weighted by Gasteiger charge is -1.95. The SMILES string of the molecule is ONCC1=NCCO1. The monoisotopic (exact) mass is 116 g/mol. The Morgan fingerprint density at radius 1 is 1.88 bits per heavy atom. The Balaban J connectivity index is 2.23. The highest BCUT2D eigenvalue weighted by Gasteiger charge is 2.03. The number of nitrogens with one attached hydrogen (secondary N) is 1. The zero-order valence-corrected chi connectivity index (χ0v) is 4.42. The Kier molecular flexibility index (Phi) is 1.82. The van der Waals surface area contributed by atoms with Gasteiger partial charge < -0.3 is 9.94 Å². The van der Waals surface area contributed by atoms with Crippen molar-refractivity contribution in [3.05, 3.63) is 0 Å². The molecule has 4 heteroatoms. The molecule has 0 unspecified atom stereocenters. The number of aliphatic imine (C=N–C) groups is 1. The van der Waals surface area contributed by atoms with Crippen molar-refractivity contribution in [3.8, 4) is 0 Å². The molecule has 0 aromatic carbocycles. The molecule has 0 aromatic rings. The van der Waals surface area contributed by atoms with Crippen molar-refractivity contribution in [1.82, 2.24) is 5.48 Å². The van der Waals surface area contributed by atoms with Gasteiger partial charge in [-0.25, -0.2) is 0 Å². The summed E-state index contributed by atoms with van der Waals surface area (Å²) in [5.74, 6) is 0.590. The zero-order chi connectivity index (χ0) is 5.82. The standard InChI is InChI=1S/C4H8N2O2/c7-6-3-4-5-1-2-8-4/h6-7H,1-3H2. The Morgan fingerprint density at radius 3 is 3.25 bits per heavy atom. The molecule has 0 saturated carbocycles. The number of hydrogen-bond donors (Lipinski definition) is 2. The van der Waals surface area contributed by atoms with E-state index in [1.807, 2.05) is 5.48 Å². The van der Waals surface area contributed by atoms with Crippen LogP contribution in [0, 0.1) is 0 Å². The number of nitrogens with zero attached hydrogens (tertiary/aromatic N) is 1. The largest absolute Gasteiger partial charge is 0.478 e. The van der Waals surface area contributed by atoms with Crippen LogP contribution < -0.4 is 5.48 Å². The third-order valence-electron chi connectivity index (χ3n) is 0.878. The van der Waals surface area contributed by atoms with Gasteiger partial charge in [0.05, 0.1) is 13.1 Å². The molecule has 0 atom stereocenters. The Bertz CT molecular complexity index is 102. The molecule has 1 aliphatic rings. The predicted molar refractivity (Wildman–Crippen MR) is 28.0 cm³/mol. The van der Waals surface area contributed by atoms with E-state index in [2.05, 4.69) is 4.99 Å². The van der Waals surface area contributed by atoms with E-state index in [4.69, 9.17) is 9.94 Å². The number of ether oxygens (including phenoxy) is 1. The van der Waals surface area contributed by atoms with Crippen LogP contribution in [-0.4, -0.2) is 30.8 Å². The Hall–Kier alpha value is -0.610. The van der Waals surface area contributed by atoms with Crippen LogP contribution in [-0.2, 0) is 4.74 Å². The Labute approximate surface area is 47.1 Å². The van der Waals surface area contributed by atoms with Gasteiger partial charge in [-0.3, -0.25) is 4.99 Å². The molecule has 0 fully saturated rings. The van der Waals surface area contributed by atoms with Gasteiger partial charge in [0.1, 0.15) is 6.61 Å². The summed E-state index contributed by atoms with van der Waals surface area (Å²) in [6.45, 7) is 1.69. The molecule has 0 radical (unpaired) electrons. The molecule has 46 valence electrons. The van der Waals surface area contributed by atoms with E-state index in [0.29, 0.717) is 19.0 Å². The van der Waals surface area contributed by atoms with E-state index in [1.54, 1.807) is 0 Å². The summed E-state index contributed by atoms with van der Waals surface area (Å²) < 4.78 is 4.92. The Morgan fingerprint density at radius 2 is 2.75 bits per heavy atom. The molecule has 4 nitrogen and oxygen atoms in total. The maximum atomic E-state index is 8.12. The number of hydroxylamine groups is 1. The fourth-order valence-electron chi connectivity index (χ4n) is 0.554. The molecule has 0 bridgehead atoms. The minimum absolute atomic E-state index is 0.319. The smallest absolute Gasteiger partial charge is 0.200 e. The maximum absolute atomic E-state index is 8.12. The van der Waals surface area contributed by atoms with Gasteiger partial charge in [0.15, 0.2) is 5.90 Å². The van der Waals surface area contributed by atoms with E-state index in [9.17, 15) is 0 Å². The van der Waals surface area contributed by atoms with Gasteiger partial charge >= 0.3 is 0 Å². The van der Waals surface area contributed by atoms with Gasteiger partial charge in [0, 0.05) is 0 Å². The van der Waals surface area contributed by atoms with E-state index in [-0.39, 0.29) is 0 Å². The lowest BCUT2D eigenvalue weighted by atomic mass is 10.7. The maximum Gasteiger partial charge on any atom is 0.200 e. The summed E-state index contributed by atoms with van der Waals surface area (Å²) in [4.78, 5) is 3.90. The lowest BCUT2D eigenvalue weighted by molar-refractivity contribution is 0.175. The second-order valence-electron chi connectivity index (χ2n) is 1.46. The second kappa shape index (κ2) is 2.64. The highest BCUT2D eigenvalue weighted by atomic mass is 16.5. The quantitative estimate of drug-likeness (QED) is 0.473. The highest BCUT2D eigenvalue weighted by molar-refractivity contribution is 5.79. The lowest BCUT2D eigenvalue weighted by Crippen LogP contribution is -2.19. The average molecular weight is 116 g/mol. The van der Waals surface area contributed by atoms with Crippen molar-refractivity contribution in [2.45, 2.75) is 0 Å². The summed E-state index contributed by atoms with van der Waals surface area (Å²) in [6.07, 6.45) is 0. The summed E-state index contributed by atoms with van der Waals surface area (Å²) >= 11 is 0. The van der Waals surface area contributed by atoms with Crippen LogP contribution >= 0.6 is 0 Å². The molecule has 2 N–H and O–H groups in total. The van der Waals surface area contributed by atoms with Crippen LogP contribution in [0.1, 0.15) is 0 Å². The zero-order valence-electron chi connectivity index (χ0n) is 4.42. The van der Waals surface area contributed by atoms with Gasteiger partial charge in [0.25, 0.3) is 0 Å². The van der Waals surface area contributed by atoms with E-state index in [0.717, 1.165) is 6.54 Å². The average Bonchev–Trinajstić information content (AvgIpc) is 2.19. The van der Waals surface area contributed by atoms with E-state index < -0.39 is 0 Å². The number of hydrogen-bond acceptors (Lipinski definition) is 4. The first kappa shape index (κ1) is 5.53. The molecular weight excluding hydrogens is 108 g/mol. The first-order valence-electron chi connectivity index (χ1n) is 2.46. The van der Waals surface area contributed by atoms with Crippen LogP contribution in [0.3, 0.4) is 0 Å². The van der Waals surface area contributed by atoms with E-state index >= 15 is 0 Å². The molecule has 8 heavy (non-hydrogen) atoms. The van der Waals surface area contributed by atoms with Gasteiger partial charge in [-0.1, -0.05) is 0 Å². The summed E-state index contributed by atoms with van der Waals surface area (Å²) in [6, 6.07) is 0.